The van der Waals surface area contributed by atoms with Crippen molar-refractivity contribution in [3.8, 4) is 0 Å². The fourth-order valence-electron chi connectivity index (χ4n) is 4.34. The molecule has 3 aliphatic rings. The average molecular weight is 252 g/mol. The molecule has 2 aliphatic carbocycles. The third kappa shape index (κ3) is 1.87. The van der Waals surface area contributed by atoms with Gasteiger partial charge in [0.15, 0.2) is 0 Å². The Labute approximate surface area is 109 Å². The molecular formula is C15H24O3. The van der Waals surface area contributed by atoms with Crippen molar-refractivity contribution in [1.82, 2.24) is 0 Å². The number of rotatable bonds is 3. The lowest BCUT2D eigenvalue weighted by Gasteiger charge is -2.41. The van der Waals surface area contributed by atoms with Crippen molar-refractivity contribution in [2.24, 2.45) is 23.2 Å². The van der Waals surface area contributed by atoms with Gasteiger partial charge in [-0.25, -0.2) is 0 Å². The van der Waals surface area contributed by atoms with Gasteiger partial charge in [0.25, 0.3) is 0 Å². The van der Waals surface area contributed by atoms with Crippen molar-refractivity contribution < 1.29 is 14.6 Å². The van der Waals surface area contributed by atoms with E-state index < -0.39 is 11.4 Å². The smallest absolute Gasteiger partial charge is 0.312 e. The van der Waals surface area contributed by atoms with Crippen LogP contribution in [0.25, 0.3) is 0 Å². The largest absolute Gasteiger partial charge is 0.481 e. The van der Waals surface area contributed by atoms with Crippen LogP contribution >= 0.6 is 0 Å². The minimum Gasteiger partial charge on any atom is -0.481 e. The Bertz CT molecular complexity index is 337. The number of aliphatic carboxylic acids is 1. The second-order valence-electron chi connectivity index (χ2n) is 6.69. The van der Waals surface area contributed by atoms with Crippen LogP contribution < -0.4 is 0 Å². The quantitative estimate of drug-likeness (QED) is 0.839. The molecule has 1 saturated heterocycles. The van der Waals surface area contributed by atoms with Gasteiger partial charge in [0.1, 0.15) is 0 Å². The number of hydrogen-bond acceptors (Lipinski definition) is 2. The molecule has 3 rings (SSSR count). The highest BCUT2D eigenvalue weighted by Crippen LogP contribution is 2.55. The summed E-state index contributed by atoms with van der Waals surface area (Å²) in [6.45, 7) is 2.92. The summed E-state index contributed by atoms with van der Waals surface area (Å²) in [6.07, 6.45) is 7.71. The molecule has 0 bridgehead atoms. The Morgan fingerprint density at radius 3 is 2.67 bits per heavy atom. The molecule has 3 nitrogen and oxygen atoms in total. The molecule has 102 valence electrons. The van der Waals surface area contributed by atoms with E-state index in [0.29, 0.717) is 24.4 Å². The van der Waals surface area contributed by atoms with E-state index in [4.69, 9.17) is 4.74 Å². The summed E-state index contributed by atoms with van der Waals surface area (Å²) in [5.41, 5.74) is -0.560. The molecule has 0 aromatic rings. The molecule has 0 radical (unpaired) electrons. The molecule has 4 unspecified atom stereocenters. The lowest BCUT2D eigenvalue weighted by molar-refractivity contribution is -0.160. The summed E-state index contributed by atoms with van der Waals surface area (Å²) in [4.78, 5) is 12.0. The van der Waals surface area contributed by atoms with Gasteiger partial charge >= 0.3 is 5.97 Å². The fourth-order valence-corrected chi connectivity index (χ4v) is 4.34. The monoisotopic (exact) mass is 252 g/mol. The number of hydrogen-bond donors (Lipinski definition) is 1. The van der Waals surface area contributed by atoms with E-state index in [2.05, 4.69) is 6.92 Å². The van der Waals surface area contributed by atoms with E-state index in [9.17, 15) is 9.90 Å². The maximum Gasteiger partial charge on any atom is 0.312 e. The van der Waals surface area contributed by atoms with Crippen molar-refractivity contribution in [3.05, 3.63) is 0 Å². The lowest BCUT2D eigenvalue weighted by atomic mass is 9.62. The molecule has 1 heterocycles. The van der Waals surface area contributed by atoms with Crippen molar-refractivity contribution >= 4 is 5.97 Å². The summed E-state index contributed by atoms with van der Waals surface area (Å²) in [6, 6.07) is 0. The first kappa shape index (κ1) is 12.5. The summed E-state index contributed by atoms with van der Waals surface area (Å²) in [5, 5.41) is 9.87. The zero-order valence-electron chi connectivity index (χ0n) is 11.2. The van der Waals surface area contributed by atoms with Gasteiger partial charge in [-0.1, -0.05) is 19.8 Å². The number of carbonyl (C=O) groups is 1. The van der Waals surface area contributed by atoms with Crippen LogP contribution in [0.4, 0.5) is 0 Å². The van der Waals surface area contributed by atoms with Crippen LogP contribution in [0.1, 0.15) is 51.9 Å². The Kier molecular flexibility index (Phi) is 3.13. The zero-order chi connectivity index (χ0) is 12.8. The van der Waals surface area contributed by atoms with Gasteiger partial charge in [-0.05, 0) is 49.9 Å². The Morgan fingerprint density at radius 2 is 2.06 bits per heavy atom. The predicted molar refractivity (Wildman–Crippen MR) is 68.3 cm³/mol. The second-order valence-corrected chi connectivity index (χ2v) is 6.69. The highest BCUT2D eigenvalue weighted by Gasteiger charge is 2.59. The van der Waals surface area contributed by atoms with E-state index in [0.717, 1.165) is 19.3 Å². The van der Waals surface area contributed by atoms with E-state index in [-0.39, 0.29) is 6.10 Å². The van der Waals surface area contributed by atoms with Gasteiger partial charge in [0.2, 0.25) is 0 Å². The van der Waals surface area contributed by atoms with Crippen LogP contribution in [0.2, 0.25) is 0 Å². The SMILES string of the molecule is CC1CCCC(C2(C(=O)O)CCOC2C2CC2)C1. The van der Waals surface area contributed by atoms with Crippen molar-refractivity contribution in [2.45, 2.75) is 58.0 Å². The number of carboxylic acids is 1. The Hall–Kier alpha value is -0.570. The van der Waals surface area contributed by atoms with E-state index >= 15 is 0 Å². The normalized spacial score (nSPS) is 45.1. The van der Waals surface area contributed by atoms with Crippen molar-refractivity contribution in [3.63, 3.8) is 0 Å². The van der Waals surface area contributed by atoms with Gasteiger partial charge in [0, 0.05) is 6.61 Å². The topological polar surface area (TPSA) is 46.5 Å². The zero-order valence-corrected chi connectivity index (χ0v) is 11.2. The molecule has 0 aromatic carbocycles. The molecule has 0 spiro atoms. The summed E-state index contributed by atoms with van der Waals surface area (Å²) in [7, 11) is 0. The van der Waals surface area contributed by atoms with E-state index in [1.165, 1.54) is 25.7 Å². The molecule has 3 fully saturated rings. The first-order valence-electron chi connectivity index (χ1n) is 7.49. The van der Waals surface area contributed by atoms with Gasteiger partial charge in [-0.15, -0.1) is 0 Å². The fraction of sp³-hybridized carbons (Fsp3) is 0.933. The lowest BCUT2D eigenvalue weighted by Crippen LogP contribution is -2.47. The van der Waals surface area contributed by atoms with Crippen LogP contribution in [0.3, 0.4) is 0 Å². The third-order valence-corrected chi connectivity index (χ3v) is 5.43. The minimum absolute atomic E-state index is 0.00491. The standard InChI is InChI=1S/C15H24O3/c1-10-3-2-4-12(9-10)15(14(16)17)7-8-18-13(15)11-5-6-11/h10-13H,2-9H2,1H3,(H,16,17). The van der Waals surface area contributed by atoms with E-state index in [1.54, 1.807) is 0 Å². The predicted octanol–water partition coefficient (Wildman–Crippen LogP) is 3.08. The molecule has 1 aliphatic heterocycles. The Balaban J connectivity index is 1.87. The van der Waals surface area contributed by atoms with E-state index in [1.807, 2.05) is 0 Å². The molecule has 0 aromatic heterocycles. The Morgan fingerprint density at radius 1 is 1.28 bits per heavy atom. The maximum absolute atomic E-state index is 12.0. The van der Waals surface area contributed by atoms with Crippen molar-refractivity contribution in [1.29, 1.82) is 0 Å². The summed E-state index contributed by atoms with van der Waals surface area (Å²) >= 11 is 0. The van der Waals surface area contributed by atoms with Gasteiger partial charge in [0.05, 0.1) is 11.5 Å². The number of ether oxygens (including phenoxy) is 1. The maximum atomic E-state index is 12.0. The van der Waals surface area contributed by atoms with Crippen LogP contribution in [0.15, 0.2) is 0 Å². The molecule has 18 heavy (non-hydrogen) atoms. The first-order valence-corrected chi connectivity index (χ1v) is 7.49. The minimum atomic E-state index is -0.587. The van der Waals surface area contributed by atoms with Gasteiger partial charge < -0.3 is 9.84 Å². The molecule has 0 amide bonds. The van der Waals surface area contributed by atoms with Crippen molar-refractivity contribution in [2.75, 3.05) is 6.61 Å². The second kappa shape index (κ2) is 4.52. The molecular weight excluding hydrogens is 228 g/mol. The number of carboxylic acid groups (broad SMARTS) is 1. The summed E-state index contributed by atoms with van der Waals surface area (Å²) < 4.78 is 5.86. The van der Waals surface area contributed by atoms with Gasteiger partial charge in [-0.3, -0.25) is 4.79 Å². The van der Waals surface area contributed by atoms with Crippen LogP contribution in [0, 0.1) is 23.2 Å². The molecule has 4 atom stereocenters. The average Bonchev–Trinajstić information content (AvgIpc) is 3.07. The first-order chi connectivity index (χ1) is 8.64. The van der Waals surface area contributed by atoms with Gasteiger partial charge in [-0.2, -0.15) is 0 Å². The highest BCUT2D eigenvalue weighted by molar-refractivity contribution is 5.76. The van der Waals surface area contributed by atoms with Crippen LogP contribution in [-0.4, -0.2) is 23.8 Å². The molecule has 3 heteroatoms. The summed E-state index contributed by atoms with van der Waals surface area (Å²) in [5.74, 6) is 0.962. The highest BCUT2D eigenvalue weighted by atomic mass is 16.5. The third-order valence-electron chi connectivity index (χ3n) is 5.43. The van der Waals surface area contributed by atoms with Crippen LogP contribution in [-0.2, 0) is 9.53 Å². The van der Waals surface area contributed by atoms with Crippen LogP contribution in [0.5, 0.6) is 0 Å². The molecule has 2 saturated carbocycles. The molecule has 1 N–H and O–H groups in total.